The van der Waals surface area contributed by atoms with Gasteiger partial charge in [-0.2, -0.15) is 0 Å². The Hall–Kier alpha value is -2.18. The molecule has 0 heterocycles. The quantitative estimate of drug-likeness (QED) is 0.0244. The summed E-state index contributed by atoms with van der Waals surface area (Å²) in [5.74, 6) is -0.114. The van der Waals surface area contributed by atoms with Crippen LogP contribution in [0, 0.1) is 0 Å². The van der Waals surface area contributed by atoms with Crippen molar-refractivity contribution in [3.63, 3.8) is 0 Å². The lowest BCUT2D eigenvalue weighted by Crippen LogP contribution is -2.45. The SMILES string of the molecule is CCCCCCCC/C=C\CCCCCCCCCC(=O)OCCCCC/C=C\C=C/CCCCCCCCC(=O)NC(CO)C(O)/C=C/CCCCCCCCCCCCCCCCCCCCCCC. The molecule has 6 heteroatoms. The second kappa shape index (κ2) is 61.4. The van der Waals surface area contributed by atoms with Gasteiger partial charge in [0, 0.05) is 12.8 Å². The van der Waals surface area contributed by atoms with Crippen LogP contribution in [0.15, 0.2) is 48.6 Å². The maximum absolute atomic E-state index is 12.5. The fraction of sp³-hybridized carbons (Fsp3) is 0.848. The van der Waals surface area contributed by atoms with Gasteiger partial charge in [-0.25, -0.2) is 0 Å². The first-order chi connectivity index (χ1) is 35.5. The van der Waals surface area contributed by atoms with Crippen LogP contribution in [0.2, 0.25) is 0 Å². The molecule has 0 saturated carbocycles. The van der Waals surface area contributed by atoms with E-state index in [1.807, 2.05) is 6.08 Å². The van der Waals surface area contributed by atoms with Crippen molar-refractivity contribution in [2.45, 2.75) is 347 Å². The number of unbranched alkanes of at least 4 members (excludes halogenated alkanes) is 43. The smallest absolute Gasteiger partial charge is 0.305 e. The fourth-order valence-electron chi connectivity index (χ4n) is 9.68. The molecule has 0 aromatic carbocycles. The van der Waals surface area contributed by atoms with Crippen LogP contribution in [-0.4, -0.2) is 47.4 Å². The van der Waals surface area contributed by atoms with E-state index in [2.05, 4.69) is 55.6 Å². The predicted molar refractivity (Wildman–Crippen MR) is 315 cm³/mol. The summed E-state index contributed by atoms with van der Waals surface area (Å²) in [6.07, 6.45) is 78.7. The average molecular weight is 1010 g/mol. The zero-order valence-corrected chi connectivity index (χ0v) is 48.2. The summed E-state index contributed by atoms with van der Waals surface area (Å²) in [6, 6.07) is -0.647. The number of ether oxygens (including phenoxy) is 1. The Morgan fingerprint density at radius 2 is 0.694 bits per heavy atom. The van der Waals surface area contributed by atoms with Gasteiger partial charge in [0.05, 0.1) is 25.4 Å². The summed E-state index contributed by atoms with van der Waals surface area (Å²) in [7, 11) is 0. The van der Waals surface area contributed by atoms with Crippen LogP contribution in [0.4, 0.5) is 0 Å². The molecule has 3 N–H and O–H groups in total. The van der Waals surface area contributed by atoms with Gasteiger partial charge in [-0.15, -0.1) is 0 Å². The highest BCUT2D eigenvalue weighted by molar-refractivity contribution is 5.76. The van der Waals surface area contributed by atoms with Gasteiger partial charge in [-0.3, -0.25) is 9.59 Å². The summed E-state index contributed by atoms with van der Waals surface area (Å²) in [6.45, 7) is 4.86. The molecule has 0 aromatic rings. The normalized spacial score (nSPS) is 12.9. The molecule has 0 aromatic heterocycles. The summed E-state index contributed by atoms with van der Waals surface area (Å²) in [4.78, 5) is 24.6. The first kappa shape index (κ1) is 69.8. The van der Waals surface area contributed by atoms with Gasteiger partial charge in [0.2, 0.25) is 5.91 Å². The third-order valence-electron chi connectivity index (χ3n) is 14.6. The average Bonchev–Trinajstić information content (AvgIpc) is 3.38. The highest BCUT2D eigenvalue weighted by atomic mass is 16.5. The minimum absolute atomic E-state index is 0.0260. The molecule has 6 nitrogen and oxygen atoms in total. The molecule has 2 atom stereocenters. The molecule has 0 bridgehead atoms. The lowest BCUT2D eigenvalue weighted by atomic mass is 10.0. The monoisotopic (exact) mass is 1010 g/mol. The van der Waals surface area contributed by atoms with E-state index in [0.717, 1.165) is 77.0 Å². The molecule has 0 rings (SSSR count). The Kier molecular flexibility index (Phi) is 59.5. The molecule has 0 aliphatic carbocycles. The third-order valence-corrected chi connectivity index (χ3v) is 14.6. The number of carbonyl (C=O) groups excluding carboxylic acids is 2. The molecule has 422 valence electrons. The topological polar surface area (TPSA) is 95.9 Å². The van der Waals surface area contributed by atoms with Crippen LogP contribution < -0.4 is 5.32 Å². The van der Waals surface area contributed by atoms with Crippen molar-refractivity contribution in [2.24, 2.45) is 0 Å². The highest BCUT2D eigenvalue weighted by Crippen LogP contribution is 2.17. The largest absolute Gasteiger partial charge is 0.466 e. The van der Waals surface area contributed by atoms with Crippen LogP contribution in [-0.2, 0) is 14.3 Å². The molecule has 1 amide bonds. The number of nitrogens with one attached hydrogen (secondary N) is 1. The number of allylic oxidation sites excluding steroid dienone is 7. The van der Waals surface area contributed by atoms with Crippen LogP contribution in [0.25, 0.3) is 0 Å². The van der Waals surface area contributed by atoms with Crippen molar-refractivity contribution >= 4 is 11.9 Å². The number of hydrogen-bond donors (Lipinski definition) is 3. The van der Waals surface area contributed by atoms with Gasteiger partial charge in [0.15, 0.2) is 0 Å². The third kappa shape index (κ3) is 57.1. The number of carbonyl (C=O) groups is 2. The van der Waals surface area contributed by atoms with Crippen molar-refractivity contribution in [2.75, 3.05) is 13.2 Å². The number of aliphatic hydroxyl groups is 2. The number of esters is 1. The van der Waals surface area contributed by atoms with E-state index >= 15 is 0 Å². The minimum Gasteiger partial charge on any atom is -0.466 e. The molecular weight excluding hydrogens is 887 g/mol. The van der Waals surface area contributed by atoms with Gasteiger partial charge < -0.3 is 20.3 Å². The molecule has 0 spiro atoms. The second-order valence-electron chi connectivity index (χ2n) is 21.8. The van der Waals surface area contributed by atoms with E-state index in [0.29, 0.717) is 19.4 Å². The molecule has 0 aliphatic rings. The van der Waals surface area contributed by atoms with E-state index in [9.17, 15) is 19.8 Å². The molecule has 2 unspecified atom stereocenters. The lowest BCUT2D eigenvalue weighted by Gasteiger charge is -2.20. The highest BCUT2D eigenvalue weighted by Gasteiger charge is 2.18. The number of aliphatic hydroxyl groups excluding tert-OH is 2. The number of amides is 1. The van der Waals surface area contributed by atoms with Crippen molar-refractivity contribution < 1.29 is 24.5 Å². The standard InChI is InChI=1S/C66H123NO5/c1-3-5-7-9-11-13-15-17-19-21-22-23-24-25-26-28-30-34-38-42-46-50-54-58-64(69)63(62-68)67-65(70)59-55-51-47-43-39-35-31-29-33-37-41-45-49-53-57-61-72-66(71)60-56-52-48-44-40-36-32-27-20-18-16-14-12-10-8-6-4-2/h18,20,29,33,37,41,54,58,63-64,68-69H,3-17,19,21-28,30-32,34-36,38-40,42-53,55-57,59-62H2,1-2H3,(H,67,70)/b20-18-,33-29-,41-37-,58-54+. The van der Waals surface area contributed by atoms with Crippen molar-refractivity contribution in [3.05, 3.63) is 48.6 Å². The maximum atomic E-state index is 12.5. The van der Waals surface area contributed by atoms with Gasteiger partial charge in [0.25, 0.3) is 0 Å². The second-order valence-corrected chi connectivity index (χ2v) is 21.8. The summed E-state index contributed by atoms with van der Waals surface area (Å²) in [5, 5.41) is 23.2. The zero-order valence-electron chi connectivity index (χ0n) is 48.2. The van der Waals surface area contributed by atoms with Gasteiger partial charge in [0.1, 0.15) is 0 Å². The summed E-state index contributed by atoms with van der Waals surface area (Å²) in [5.41, 5.74) is 0. The molecule has 72 heavy (non-hydrogen) atoms. The Labute approximate surface area is 448 Å². The van der Waals surface area contributed by atoms with E-state index in [1.165, 1.54) is 231 Å². The van der Waals surface area contributed by atoms with Crippen LogP contribution >= 0.6 is 0 Å². The number of hydrogen-bond acceptors (Lipinski definition) is 5. The van der Waals surface area contributed by atoms with Crippen molar-refractivity contribution in [1.82, 2.24) is 5.32 Å². The van der Waals surface area contributed by atoms with Crippen molar-refractivity contribution in [3.8, 4) is 0 Å². The van der Waals surface area contributed by atoms with Crippen molar-refractivity contribution in [1.29, 1.82) is 0 Å². The maximum Gasteiger partial charge on any atom is 0.305 e. The lowest BCUT2D eigenvalue weighted by molar-refractivity contribution is -0.143. The van der Waals surface area contributed by atoms with Gasteiger partial charge in [-0.05, 0) is 89.9 Å². The van der Waals surface area contributed by atoms with E-state index < -0.39 is 12.1 Å². The van der Waals surface area contributed by atoms with Crippen LogP contribution in [0.3, 0.4) is 0 Å². The molecule has 0 saturated heterocycles. The van der Waals surface area contributed by atoms with E-state index in [4.69, 9.17) is 4.74 Å². The fourth-order valence-corrected chi connectivity index (χ4v) is 9.68. The first-order valence-electron chi connectivity index (χ1n) is 31.9. The summed E-state index contributed by atoms with van der Waals surface area (Å²) < 4.78 is 5.46. The molecular formula is C66H123NO5. The minimum atomic E-state index is -0.861. The number of rotatable bonds is 59. The summed E-state index contributed by atoms with van der Waals surface area (Å²) >= 11 is 0. The zero-order chi connectivity index (χ0) is 52.2. The van der Waals surface area contributed by atoms with Gasteiger partial charge >= 0.3 is 5.97 Å². The van der Waals surface area contributed by atoms with Gasteiger partial charge in [-0.1, -0.05) is 281 Å². The van der Waals surface area contributed by atoms with Crippen LogP contribution in [0.5, 0.6) is 0 Å². The Morgan fingerprint density at radius 1 is 0.389 bits per heavy atom. The molecule has 0 radical (unpaired) electrons. The van der Waals surface area contributed by atoms with E-state index in [-0.39, 0.29) is 18.5 Å². The first-order valence-corrected chi connectivity index (χ1v) is 31.9. The van der Waals surface area contributed by atoms with E-state index in [1.54, 1.807) is 6.08 Å². The Morgan fingerprint density at radius 3 is 1.07 bits per heavy atom. The Balaban J connectivity index is 3.53. The Bertz CT molecular complexity index is 1210. The van der Waals surface area contributed by atoms with Crippen LogP contribution in [0.1, 0.15) is 335 Å². The predicted octanol–water partition coefficient (Wildman–Crippen LogP) is 20.1. The molecule has 0 aliphatic heterocycles. The molecule has 0 fully saturated rings.